The highest BCUT2D eigenvalue weighted by Gasteiger charge is 2.22. The molecule has 5 N–H and O–H groups in total. The summed E-state index contributed by atoms with van der Waals surface area (Å²) in [6.07, 6.45) is -1.29. The first-order valence-corrected chi connectivity index (χ1v) is 9.44. The molecule has 162 valence electrons. The molecule has 1 atom stereocenters. The second-order valence-electron chi connectivity index (χ2n) is 6.67. The zero-order chi connectivity index (χ0) is 22.5. The number of nitrogens with two attached hydrogens (primary N) is 2. The number of carboxylic acid groups (broad SMARTS) is 1. The number of hydrogen-bond donors (Lipinski definition) is 3. The summed E-state index contributed by atoms with van der Waals surface area (Å²) in [4.78, 5) is 14.8. The monoisotopic (exact) mass is 429 g/mol. The summed E-state index contributed by atoms with van der Waals surface area (Å²) in [7, 11) is 0. The number of aromatic nitrogens is 1. The molecule has 0 radical (unpaired) electrons. The Labute approximate surface area is 177 Å². The van der Waals surface area contributed by atoms with E-state index in [9.17, 15) is 13.6 Å². The number of hydrogen-bond acceptors (Lipinski definition) is 6. The van der Waals surface area contributed by atoms with Crippen LogP contribution in [0.2, 0.25) is 0 Å². The Hall–Kier alpha value is -3.72. The van der Waals surface area contributed by atoms with Crippen molar-refractivity contribution in [1.82, 2.24) is 4.98 Å². The van der Waals surface area contributed by atoms with Crippen LogP contribution in [0.1, 0.15) is 18.9 Å². The second-order valence-corrected chi connectivity index (χ2v) is 6.67. The molecule has 0 amide bonds. The number of halogens is 2. The van der Waals surface area contributed by atoms with E-state index >= 15 is 0 Å². The predicted octanol–water partition coefficient (Wildman–Crippen LogP) is 4.10. The van der Waals surface area contributed by atoms with Gasteiger partial charge in [0.25, 0.3) is 11.8 Å². The summed E-state index contributed by atoms with van der Waals surface area (Å²) in [5.74, 6) is -4.74. The van der Waals surface area contributed by atoms with Gasteiger partial charge >= 0.3 is 5.97 Å². The van der Waals surface area contributed by atoms with Gasteiger partial charge in [-0.25, -0.2) is 13.6 Å². The van der Waals surface area contributed by atoms with Crippen LogP contribution in [0.3, 0.4) is 0 Å². The second kappa shape index (κ2) is 9.40. The average molecular weight is 429 g/mol. The molecule has 9 heteroatoms. The first-order valence-electron chi connectivity index (χ1n) is 9.44. The van der Waals surface area contributed by atoms with Crippen molar-refractivity contribution in [3.05, 3.63) is 65.7 Å². The average Bonchev–Trinajstić information content (AvgIpc) is 2.75. The third kappa shape index (κ3) is 5.07. The predicted molar refractivity (Wildman–Crippen MR) is 111 cm³/mol. The van der Waals surface area contributed by atoms with Gasteiger partial charge in [0.2, 0.25) is 0 Å². The van der Waals surface area contributed by atoms with E-state index < -0.39 is 35.5 Å². The molecule has 0 aliphatic carbocycles. The Bertz CT molecular complexity index is 1110. The Morgan fingerprint density at radius 2 is 1.81 bits per heavy atom. The van der Waals surface area contributed by atoms with Gasteiger partial charge in [0, 0.05) is 12.6 Å². The van der Waals surface area contributed by atoms with Crippen molar-refractivity contribution in [2.75, 3.05) is 5.73 Å². The number of aliphatic carboxylic acids is 1. The molecule has 0 aliphatic rings. The molecular weight excluding hydrogens is 408 g/mol. The lowest BCUT2D eigenvalue weighted by Gasteiger charge is -2.15. The topological polar surface area (TPSA) is 121 Å². The SMILES string of the molecule is CCC(Oc1nc(Oc2cc(-c3cccc(CN)c3)ccc2N)c(F)cc1F)C(=O)O. The Morgan fingerprint density at radius 1 is 1.10 bits per heavy atom. The van der Waals surface area contributed by atoms with Gasteiger partial charge in [0.1, 0.15) is 0 Å². The number of pyridine rings is 1. The molecule has 3 rings (SSSR count). The first-order chi connectivity index (χ1) is 14.8. The lowest BCUT2D eigenvalue weighted by atomic mass is 10.0. The van der Waals surface area contributed by atoms with Crippen molar-refractivity contribution in [3.63, 3.8) is 0 Å². The van der Waals surface area contributed by atoms with E-state index in [1.54, 1.807) is 25.1 Å². The molecular formula is C22H21F2N3O4. The number of benzene rings is 2. The number of carboxylic acids is 1. The van der Waals surface area contributed by atoms with Crippen molar-refractivity contribution in [1.29, 1.82) is 0 Å². The van der Waals surface area contributed by atoms with Crippen LogP contribution in [0.25, 0.3) is 11.1 Å². The number of carbonyl (C=O) groups is 1. The van der Waals surface area contributed by atoms with Crippen molar-refractivity contribution in [2.45, 2.75) is 26.0 Å². The summed E-state index contributed by atoms with van der Waals surface area (Å²) < 4.78 is 38.9. The number of nitrogens with zero attached hydrogens (tertiary/aromatic N) is 1. The molecule has 0 aliphatic heterocycles. The van der Waals surface area contributed by atoms with Crippen molar-refractivity contribution in [2.24, 2.45) is 5.73 Å². The van der Waals surface area contributed by atoms with Gasteiger partial charge in [-0.05, 0) is 41.3 Å². The molecule has 31 heavy (non-hydrogen) atoms. The highest BCUT2D eigenvalue weighted by atomic mass is 19.1. The lowest BCUT2D eigenvalue weighted by Crippen LogP contribution is -2.26. The highest BCUT2D eigenvalue weighted by molar-refractivity contribution is 5.72. The summed E-state index contributed by atoms with van der Waals surface area (Å²) in [6, 6.07) is 12.9. The van der Waals surface area contributed by atoms with E-state index in [0.29, 0.717) is 12.6 Å². The Morgan fingerprint density at radius 3 is 2.48 bits per heavy atom. The van der Waals surface area contributed by atoms with Gasteiger partial charge in [-0.2, -0.15) is 4.98 Å². The van der Waals surface area contributed by atoms with Gasteiger partial charge in [-0.15, -0.1) is 0 Å². The number of nitrogen functional groups attached to an aromatic ring is 1. The van der Waals surface area contributed by atoms with E-state index in [1.165, 1.54) is 0 Å². The van der Waals surface area contributed by atoms with Crippen LogP contribution in [0.5, 0.6) is 17.5 Å². The summed E-state index contributed by atoms with van der Waals surface area (Å²) in [6.45, 7) is 1.91. The van der Waals surface area contributed by atoms with Crippen LogP contribution in [-0.4, -0.2) is 22.2 Å². The van der Waals surface area contributed by atoms with Crippen LogP contribution < -0.4 is 20.9 Å². The fourth-order valence-corrected chi connectivity index (χ4v) is 2.82. The van der Waals surface area contributed by atoms with Gasteiger partial charge in [0.05, 0.1) is 5.69 Å². The molecule has 1 aromatic heterocycles. The van der Waals surface area contributed by atoms with E-state index in [-0.39, 0.29) is 17.9 Å². The number of anilines is 1. The molecule has 0 fully saturated rings. The van der Waals surface area contributed by atoms with E-state index in [2.05, 4.69) is 4.98 Å². The molecule has 1 heterocycles. The maximum Gasteiger partial charge on any atom is 0.344 e. The largest absolute Gasteiger partial charge is 0.479 e. The molecule has 0 bridgehead atoms. The van der Waals surface area contributed by atoms with Gasteiger partial charge < -0.3 is 26.0 Å². The Balaban J connectivity index is 1.94. The van der Waals surface area contributed by atoms with Crippen molar-refractivity contribution < 1.29 is 28.2 Å². The number of ether oxygens (including phenoxy) is 2. The Kier molecular flexibility index (Phi) is 6.66. The smallest absolute Gasteiger partial charge is 0.344 e. The van der Waals surface area contributed by atoms with Crippen LogP contribution in [-0.2, 0) is 11.3 Å². The van der Waals surface area contributed by atoms with Gasteiger partial charge in [-0.3, -0.25) is 0 Å². The molecule has 0 saturated heterocycles. The van der Waals surface area contributed by atoms with Crippen molar-refractivity contribution >= 4 is 11.7 Å². The first kappa shape index (κ1) is 22.0. The van der Waals surface area contributed by atoms with Gasteiger partial charge in [-0.1, -0.05) is 31.2 Å². The third-order valence-electron chi connectivity index (χ3n) is 4.48. The van der Waals surface area contributed by atoms with Crippen LogP contribution in [0.4, 0.5) is 14.5 Å². The fourth-order valence-electron chi connectivity index (χ4n) is 2.82. The quantitative estimate of drug-likeness (QED) is 0.461. The molecule has 2 aromatic carbocycles. The van der Waals surface area contributed by atoms with Crippen LogP contribution in [0.15, 0.2) is 48.5 Å². The molecule has 0 spiro atoms. The minimum Gasteiger partial charge on any atom is -0.479 e. The van der Waals surface area contributed by atoms with Crippen molar-refractivity contribution in [3.8, 4) is 28.6 Å². The molecule has 1 unspecified atom stereocenters. The van der Waals surface area contributed by atoms with Gasteiger partial charge in [0.15, 0.2) is 23.5 Å². The van der Waals surface area contributed by atoms with Crippen LogP contribution in [0, 0.1) is 11.6 Å². The third-order valence-corrected chi connectivity index (χ3v) is 4.48. The van der Waals surface area contributed by atoms with E-state index in [4.69, 9.17) is 26.0 Å². The summed E-state index contributed by atoms with van der Waals surface area (Å²) >= 11 is 0. The summed E-state index contributed by atoms with van der Waals surface area (Å²) in [5.41, 5.74) is 14.3. The minimum absolute atomic E-state index is 0.0564. The van der Waals surface area contributed by atoms with Crippen LogP contribution >= 0.6 is 0 Å². The standard InChI is InChI=1S/C22H21F2N3O4/c1-2-18(22(28)29)30-20-15(23)10-16(24)21(27-20)31-19-9-14(6-7-17(19)26)13-5-3-4-12(8-13)11-25/h3-10,18H,2,11,25-26H2,1H3,(H,28,29). The summed E-state index contributed by atoms with van der Waals surface area (Å²) in [5, 5.41) is 9.09. The zero-order valence-electron chi connectivity index (χ0n) is 16.6. The highest BCUT2D eigenvalue weighted by Crippen LogP contribution is 2.34. The zero-order valence-corrected chi connectivity index (χ0v) is 16.6. The normalized spacial score (nSPS) is 11.7. The lowest BCUT2D eigenvalue weighted by molar-refractivity contribution is -0.145. The van der Waals surface area contributed by atoms with E-state index in [0.717, 1.165) is 16.7 Å². The van der Waals surface area contributed by atoms with E-state index in [1.807, 2.05) is 24.3 Å². The molecule has 0 saturated carbocycles. The maximum absolute atomic E-state index is 14.3. The minimum atomic E-state index is -1.34. The number of rotatable bonds is 8. The molecule has 3 aromatic rings. The fraction of sp³-hybridized carbons (Fsp3) is 0.182. The molecule has 7 nitrogen and oxygen atoms in total. The maximum atomic E-state index is 14.3.